The van der Waals surface area contributed by atoms with E-state index in [0.717, 1.165) is 5.56 Å². The van der Waals surface area contributed by atoms with E-state index in [1.54, 1.807) is 13.0 Å². The topological polar surface area (TPSA) is 42.0 Å². The molecule has 104 valence electrons. The SMILES string of the molecule is Cc1ccc(NC(=O)c2cc(F)c(F)c(F)c2F)nc1. The van der Waals surface area contributed by atoms with Crippen molar-refractivity contribution in [2.24, 2.45) is 0 Å². The molecule has 1 heterocycles. The second-order valence-corrected chi connectivity index (χ2v) is 4.02. The second kappa shape index (κ2) is 5.28. The quantitative estimate of drug-likeness (QED) is 0.523. The summed E-state index contributed by atoms with van der Waals surface area (Å²) in [4.78, 5) is 15.5. The molecular formula is C13H8F4N2O. The highest BCUT2D eigenvalue weighted by atomic mass is 19.2. The van der Waals surface area contributed by atoms with Crippen LogP contribution in [0.2, 0.25) is 0 Å². The molecule has 3 nitrogen and oxygen atoms in total. The number of aryl methyl sites for hydroxylation is 1. The van der Waals surface area contributed by atoms with Gasteiger partial charge in [0, 0.05) is 6.20 Å². The number of anilines is 1. The molecule has 2 aromatic rings. The largest absolute Gasteiger partial charge is 0.306 e. The van der Waals surface area contributed by atoms with Crippen molar-refractivity contribution in [3.05, 3.63) is 58.8 Å². The molecule has 1 N–H and O–H groups in total. The highest BCUT2D eigenvalue weighted by molar-refractivity contribution is 6.03. The van der Waals surface area contributed by atoms with Crippen molar-refractivity contribution in [1.82, 2.24) is 4.98 Å². The average molecular weight is 284 g/mol. The molecule has 0 saturated heterocycles. The van der Waals surface area contributed by atoms with Crippen LogP contribution in [0.5, 0.6) is 0 Å². The van der Waals surface area contributed by atoms with Gasteiger partial charge in [-0.05, 0) is 24.6 Å². The number of pyridine rings is 1. The number of benzene rings is 1. The molecule has 0 aliphatic heterocycles. The predicted octanol–water partition coefficient (Wildman–Crippen LogP) is 3.20. The van der Waals surface area contributed by atoms with Gasteiger partial charge in [-0.1, -0.05) is 6.07 Å². The Morgan fingerprint density at radius 2 is 1.80 bits per heavy atom. The summed E-state index contributed by atoms with van der Waals surface area (Å²) in [5.41, 5.74) is -0.114. The van der Waals surface area contributed by atoms with E-state index in [4.69, 9.17) is 0 Å². The Labute approximate surface area is 111 Å². The lowest BCUT2D eigenvalue weighted by atomic mass is 10.1. The summed E-state index contributed by atoms with van der Waals surface area (Å²) < 4.78 is 52.2. The van der Waals surface area contributed by atoms with Crippen LogP contribution >= 0.6 is 0 Å². The van der Waals surface area contributed by atoms with Crippen molar-refractivity contribution < 1.29 is 22.4 Å². The molecule has 0 spiro atoms. The number of nitrogens with one attached hydrogen (secondary N) is 1. The smallest absolute Gasteiger partial charge is 0.260 e. The van der Waals surface area contributed by atoms with Gasteiger partial charge in [0.1, 0.15) is 5.82 Å². The summed E-state index contributed by atoms with van der Waals surface area (Å²) in [6, 6.07) is 3.35. The van der Waals surface area contributed by atoms with Gasteiger partial charge in [-0.3, -0.25) is 4.79 Å². The molecule has 0 unspecified atom stereocenters. The minimum atomic E-state index is -2.04. The lowest BCUT2D eigenvalue weighted by Gasteiger charge is -2.07. The van der Waals surface area contributed by atoms with Gasteiger partial charge in [0.2, 0.25) is 0 Å². The molecule has 0 radical (unpaired) electrons. The van der Waals surface area contributed by atoms with Gasteiger partial charge in [-0.2, -0.15) is 0 Å². The van der Waals surface area contributed by atoms with E-state index in [1.807, 2.05) is 0 Å². The molecule has 0 atom stereocenters. The Balaban J connectivity index is 2.32. The van der Waals surface area contributed by atoms with Gasteiger partial charge >= 0.3 is 0 Å². The molecule has 1 aromatic heterocycles. The van der Waals surface area contributed by atoms with Crippen molar-refractivity contribution in [1.29, 1.82) is 0 Å². The van der Waals surface area contributed by atoms with Crippen LogP contribution in [0.25, 0.3) is 0 Å². The first kappa shape index (κ1) is 14.0. The van der Waals surface area contributed by atoms with Crippen LogP contribution in [0.3, 0.4) is 0 Å². The van der Waals surface area contributed by atoms with Gasteiger partial charge < -0.3 is 5.32 Å². The van der Waals surface area contributed by atoms with Crippen molar-refractivity contribution in [2.75, 3.05) is 5.32 Å². The van der Waals surface area contributed by atoms with Crippen molar-refractivity contribution in [3.8, 4) is 0 Å². The maximum absolute atomic E-state index is 13.4. The van der Waals surface area contributed by atoms with Gasteiger partial charge in [0.25, 0.3) is 5.91 Å². The van der Waals surface area contributed by atoms with Crippen molar-refractivity contribution in [3.63, 3.8) is 0 Å². The fraction of sp³-hybridized carbons (Fsp3) is 0.0769. The Kier molecular flexibility index (Phi) is 3.69. The van der Waals surface area contributed by atoms with Crippen LogP contribution in [0.15, 0.2) is 24.4 Å². The monoisotopic (exact) mass is 284 g/mol. The summed E-state index contributed by atoms with van der Waals surface area (Å²) in [5, 5.41) is 2.15. The fourth-order valence-corrected chi connectivity index (χ4v) is 1.46. The predicted molar refractivity (Wildman–Crippen MR) is 63.2 cm³/mol. The van der Waals surface area contributed by atoms with Crippen molar-refractivity contribution >= 4 is 11.7 Å². The maximum Gasteiger partial charge on any atom is 0.260 e. The first-order chi connectivity index (χ1) is 9.40. The molecule has 7 heteroatoms. The highest BCUT2D eigenvalue weighted by Gasteiger charge is 2.23. The van der Waals surface area contributed by atoms with Gasteiger partial charge in [0.15, 0.2) is 23.3 Å². The molecule has 1 aromatic carbocycles. The number of nitrogens with zero attached hydrogens (tertiary/aromatic N) is 1. The lowest BCUT2D eigenvalue weighted by molar-refractivity contribution is 0.102. The summed E-state index contributed by atoms with van der Waals surface area (Å²) in [6.07, 6.45) is 1.44. The summed E-state index contributed by atoms with van der Waals surface area (Å²) in [6.45, 7) is 1.77. The van der Waals surface area contributed by atoms with Crippen LogP contribution in [0.4, 0.5) is 23.4 Å². The minimum absolute atomic E-state index is 0.0742. The number of aromatic nitrogens is 1. The second-order valence-electron chi connectivity index (χ2n) is 4.02. The van der Waals surface area contributed by atoms with Gasteiger partial charge in [0.05, 0.1) is 5.56 Å². The lowest BCUT2D eigenvalue weighted by Crippen LogP contribution is -2.16. The Morgan fingerprint density at radius 1 is 1.10 bits per heavy atom. The fourth-order valence-electron chi connectivity index (χ4n) is 1.46. The molecular weight excluding hydrogens is 276 g/mol. The zero-order chi connectivity index (χ0) is 14.9. The summed E-state index contributed by atoms with van der Waals surface area (Å²) in [7, 11) is 0. The zero-order valence-corrected chi connectivity index (χ0v) is 10.2. The summed E-state index contributed by atoms with van der Waals surface area (Å²) >= 11 is 0. The number of carbonyl (C=O) groups is 1. The molecule has 0 saturated carbocycles. The van der Waals surface area contributed by atoms with Crippen molar-refractivity contribution in [2.45, 2.75) is 6.92 Å². The molecule has 0 aliphatic rings. The highest BCUT2D eigenvalue weighted by Crippen LogP contribution is 2.19. The van der Waals surface area contributed by atoms with Crippen LogP contribution in [0.1, 0.15) is 15.9 Å². The number of hydrogen-bond donors (Lipinski definition) is 1. The van der Waals surface area contributed by atoms with Crippen LogP contribution in [0, 0.1) is 30.2 Å². The normalized spacial score (nSPS) is 10.4. The van der Waals surface area contributed by atoms with E-state index in [-0.39, 0.29) is 11.9 Å². The van der Waals surface area contributed by atoms with Gasteiger partial charge in [-0.25, -0.2) is 22.5 Å². The average Bonchev–Trinajstić information content (AvgIpc) is 2.43. The van der Waals surface area contributed by atoms with E-state index < -0.39 is 34.7 Å². The minimum Gasteiger partial charge on any atom is -0.306 e. The Morgan fingerprint density at radius 3 is 2.40 bits per heavy atom. The first-order valence-corrected chi connectivity index (χ1v) is 5.47. The molecule has 0 bridgehead atoms. The molecule has 0 fully saturated rings. The molecule has 20 heavy (non-hydrogen) atoms. The number of amides is 1. The van der Waals surface area contributed by atoms with E-state index in [2.05, 4.69) is 10.3 Å². The Hall–Kier alpha value is -2.44. The maximum atomic E-state index is 13.4. The number of rotatable bonds is 2. The van der Waals surface area contributed by atoms with E-state index in [1.165, 1.54) is 12.3 Å². The molecule has 1 amide bonds. The standard InChI is InChI=1S/C13H8F4N2O/c1-6-2-3-9(18-5-6)19-13(20)7-4-8(14)11(16)12(17)10(7)15/h2-5H,1H3,(H,18,19,20). The Bertz CT molecular complexity index is 671. The third kappa shape index (κ3) is 2.61. The number of halogens is 4. The van der Waals surface area contributed by atoms with Gasteiger partial charge in [-0.15, -0.1) is 0 Å². The third-order valence-corrected chi connectivity index (χ3v) is 2.50. The molecule has 2 rings (SSSR count). The van der Waals surface area contributed by atoms with E-state index in [9.17, 15) is 22.4 Å². The summed E-state index contributed by atoms with van der Waals surface area (Å²) in [5.74, 6) is -8.46. The van der Waals surface area contributed by atoms with E-state index >= 15 is 0 Å². The van der Waals surface area contributed by atoms with Crippen LogP contribution < -0.4 is 5.32 Å². The van der Waals surface area contributed by atoms with Crippen LogP contribution in [-0.2, 0) is 0 Å². The first-order valence-electron chi connectivity index (χ1n) is 5.47. The van der Waals surface area contributed by atoms with Crippen LogP contribution in [-0.4, -0.2) is 10.9 Å². The number of carbonyl (C=O) groups excluding carboxylic acids is 1. The number of hydrogen-bond acceptors (Lipinski definition) is 2. The molecule has 0 aliphatic carbocycles. The zero-order valence-electron chi connectivity index (χ0n) is 10.2. The third-order valence-electron chi connectivity index (χ3n) is 2.50. The van der Waals surface area contributed by atoms with E-state index in [0.29, 0.717) is 0 Å².